The summed E-state index contributed by atoms with van der Waals surface area (Å²) in [6.45, 7) is 5.36. The third kappa shape index (κ3) is 5.51. The molecule has 5 heteroatoms. The molecule has 1 atom stereocenters. The van der Waals surface area contributed by atoms with Crippen molar-refractivity contribution in [2.45, 2.75) is 33.0 Å². The largest absolute Gasteiger partial charge is 0.467 e. The SMILES string of the molecule is CC(C)[C@@H](CO)N(CC(=O)NCc1ccco1)Cc1ccccc1. The van der Waals surface area contributed by atoms with Crippen molar-refractivity contribution < 1.29 is 14.3 Å². The number of nitrogens with one attached hydrogen (secondary N) is 1. The van der Waals surface area contributed by atoms with E-state index in [9.17, 15) is 9.90 Å². The van der Waals surface area contributed by atoms with Gasteiger partial charge in [0.1, 0.15) is 5.76 Å². The number of hydrogen-bond donors (Lipinski definition) is 2. The Morgan fingerprint density at radius 2 is 1.96 bits per heavy atom. The summed E-state index contributed by atoms with van der Waals surface area (Å²) >= 11 is 0. The fourth-order valence-electron chi connectivity index (χ4n) is 2.70. The highest BCUT2D eigenvalue weighted by molar-refractivity contribution is 5.78. The van der Waals surface area contributed by atoms with E-state index in [0.29, 0.717) is 13.1 Å². The Hall–Kier alpha value is -2.11. The highest BCUT2D eigenvalue weighted by Crippen LogP contribution is 2.14. The number of furan rings is 1. The van der Waals surface area contributed by atoms with Crippen LogP contribution in [0.3, 0.4) is 0 Å². The van der Waals surface area contributed by atoms with Gasteiger partial charge in [-0.3, -0.25) is 9.69 Å². The minimum Gasteiger partial charge on any atom is -0.467 e. The maximum atomic E-state index is 12.3. The first-order valence-corrected chi connectivity index (χ1v) is 8.28. The molecular weight excluding hydrogens is 304 g/mol. The van der Waals surface area contributed by atoms with Gasteiger partial charge in [0.25, 0.3) is 0 Å². The topological polar surface area (TPSA) is 65.7 Å². The number of hydrogen-bond acceptors (Lipinski definition) is 4. The lowest BCUT2D eigenvalue weighted by Gasteiger charge is -2.32. The van der Waals surface area contributed by atoms with Crippen LogP contribution in [-0.4, -0.2) is 35.1 Å². The molecule has 0 aliphatic rings. The molecule has 0 bridgehead atoms. The summed E-state index contributed by atoms with van der Waals surface area (Å²) in [6.07, 6.45) is 1.59. The Kier molecular flexibility index (Phi) is 7.03. The van der Waals surface area contributed by atoms with E-state index < -0.39 is 0 Å². The van der Waals surface area contributed by atoms with E-state index in [0.717, 1.165) is 11.3 Å². The Balaban J connectivity index is 1.99. The van der Waals surface area contributed by atoms with Gasteiger partial charge in [-0.05, 0) is 23.6 Å². The Labute approximate surface area is 143 Å². The van der Waals surface area contributed by atoms with Crippen molar-refractivity contribution in [1.82, 2.24) is 10.2 Å². The smallest absolute Gasteiger partial charge is 0.234 e. The quantitative estimate of drug-likeness (QED) is 0.741. The summed E-state index contributed by atoms with van der Waals surface area (Å²) in [5, 5.41) is 12.6. The molecule has 24 heavy (non-hydrogen) atoms. The summed E-state index contributed by atoms with van der Waals surface area (Å²) in [4.78, 5) is 14.3. The number of nitrogens with zero attached hydrogens (tertiary/aromatic N) is 1. The normalized spacial score (nSPS) is 12.5. The lowest BCUT2D eigenvalue weighted by molar-refractivity contribution is -0.123. The molecule has 2 rings (SSSR count). The maximum Gasteiger partial charge on any atom is 0.234 e. The second-order valence-electron chi connectivity index (χ2n) is 6.24. The van der Waals surface area contributed by atoms with E-state index in [1.807, 2.05) is 41.3 Å². The van der Waals surface area contributed by atoms with E-state index in [4.69, 9.17) is 4.42 Å². The molecule has 0 saturated heterocycles. The van der Waals surface area contributed by atoms with Gasteiger partial charge < -0.3 is 14.8 Å². The summed E-state index contributed by atoms with van der Waals surface area (Å²) in [5.41, 5.74) is 1.12. The van der Waals surface area contributed by atoms with Gasteiger partial charge in [-0.2, -0.15) is 0 Å². The van der Waals surface area contributed by atoms with Gasteiger partial charge in [0.2, 0.25) is 5.91 Å². The molecule has 130 valence electrons. The van der Waals surface area contributed by atoms with Crippen LogP contribution < -0.4 is 5.32 Å². The predicted molar refractivity (Wildman–Crippen MR) is 93.1 cm³/mol. The van der Waals surface area contributed by atoms with Crippen molar-refractivity contribution in [3.63, 3.8) is 0 Å². The molecule has 0 fully saturated rings. The number of rotatable bonds is 9. The molecule has 1 aromatic carbocycles. The molecule has 0 aliphatic heterocycles. The Morgan fingerprint density at radius 3 is 2.54 bits per heavy atom. The van der Waals surface area contributed by atoms with Crippen molar-refractivity contribution in [2.75, 3.05) is 13.2 Å². The summed E-state index contributed by atoms with van der Waals surface area (Å²) in [6, 6.07) is 13.5. The summed E-state index contributed by atoms with van der Waals surface area (Å²) < 4.78 is 5.22. The molecule has 0 unspecified atom stereocenters. The van der Waals surface area contributed by atoms with Crippen LogP contribution in [0.5, 0.6) is 0 Å². The van der Waals surface area contributed by atoms with Crippen LogP contribution in [0.4, 0.5) is 0 Å². The molecule has 0 spiro atoms. The van der Waals surface area contributed by atoms with Crippen LogP contribution in [0.2, 0.25) is 0 Å². The van der Waals surface area contributed by atoms with Crippen molar-refractivity contribution in [2.24, 2.45) is 5.92 Å². The molecule has 0 aliphatic carbocycles. The van der Waals surface area contributed by atoms with E-state index in [1.165, 1.54) is 0 Å². The molecular formula is C19H26N2O3. The van der Waals surface area contributed by atoms with Crippen molar-refractivity contribution in [3.8, 4) is 0 Å². The van der Waals surface area contributed by atoms with Crippen molar-refractivity contribution in [1.29, 1.82) is 0 Å². The van der Waals surface area contributed by atoms with Gasteiger partial charge in [-0.15, -0.1) is 0 Å². The van der Waals surface area contributed by atoms with Crippen molar-refractivity contribution >= 4 is 5.91 Å². The first kappa shape index (κ1) is 18.2. The fourth-order valence-corrected chi connectivity index (χ4v) is 2.70. The zero-order chi connectivity index (χ0) is 17.4. The molecule has 2 aromatic rings. The molecule has 1 heterocycles. The number of carbonyl (C=O) groups excluding carboxylic acids is 1. The van der Waals surface area contributed by atoms with Crippen LogP contribution in [0.25, 0.3) is 0 Å². The van der Waals surface area contributed by atoms with Gasteiger partial charge in [-0.1, -0.05) is 44.2 Å². The van der Waals surface area contributed by atoms with Gasteiger partial charge in [0.05, 0.1) is 26.0 Å². The summed E-state index contributed by atoms with van der Waals surface area (Å²) in [7, 11) is 0. The van der Waals surface area contributed by atoms with Gasteiger partial charge in [-0.25, -0.2) is 0 Å². The highest BCUT2D eigenvalue weighted by atomic mass is 16.3. The van der Waals surface area contributed by atoms with Gasteiger partial charge >= 0.3 is 0 Å². The molecule has 1 aromatic heterocycles. The second-order valence-corrected chi connectivity index (χ2v) is 6.24. The fraction of sp³-hybridized carbons (Fsp3) is 0.421. The minimum atomic E-state index is -0.0820. The van der Waals surface area contributed by atoms with E-state index in [-0.39, 0.29) is 31.0 Å². The zero-order valence-electron chi connectivity index (χ0n) is 14.3. The average molecular weight is 330 g/mol. The molecule has 2 N–H and O–H groups in total. The maximum absolute atomic E-state index is 12.3. The monoisotopic (exact) mass is 330 g/mol. The molecule has 5 nitrogen and oxygen atoms in total. The van der Waals surface area contributed by atoms with Crippen LogP contribution in [0.15, 0.2) is 53.1 Å². The van der Waals surface area contributed by atoms with Crippen molar-refractivity contribution in [3.05, 3.63) is 60.1 Å². The Morgan fingerprint density at radius 1 is 1.21 bits per heavy atom. The molecule has 1 amide bonds. The first-order chi connectivity index (χ1) is 11.6. The highest BCUT2D eigenvalue weighted by Gasteiger charge is 2.23. The second kappa shape index (κ2) is 9.25. The molecule has 0 radical (unpaired) electrons. The van der Waals surface area contributed by atoms with Gasteiger partial charge in [0, 0.05) is 12.6 Å². The minimum absolute atomic E-state index is 0.0238. The van der Waals surface area contributed by atoms with E-state index in [1.54, 1.807) is 12.3 Å². The molecule has 0 saturated carbocycles. The lowest BCUT2D eigenvalue weighted by atomic mass is 10.0. The summed E-state index contributed by atoms with van der Waals surface area (Å²) in [5.74, 6) is 0.888. The van der Waals surface area contributed by atoms with E-state index in [2.05, 4.69) is 19.2 Å². The number of amides is 1. The third-order valence-electron chi connectivity index (χ3n) is 4.04. The number of benzene rings is 1. The van der Waals surface area contributed by atoms with Crippen LogP contribution in [0.1, 0.15) is 25.2 Å². The van der Waals surface area contributed by atoms with Crippen LogP contribution in [-0.2, 0) is 17.9 Å². The predicted octanol–water partition coefficient (Wildman–Crippen LogP) is 2.41. The Bertz CT molecular complexity index is 596. The lowest BCUT2D eigenvalue weighted by Crippen LogP contribution is -2.46. The zero-order valence-corrected chi connectivity index (χ0v) is 14.3. The van der Waals surface area contributed by atoms with Crippen LogP contribution >= 0.6 is 0 Å². The standard InChI is InChI=1S/C19H26N2O3/c1-15(2)18(14-22)21(12-16-7-4-3-5-8-16)13-19(23)20-11-17-9-6-10-24-17/h3-10,15,18,22H,11-14H2,1-2H3,(H,20,23)/t18-/m1/s1. The average Bonchev–Trinajstić information content (AvgIpc) is 3.07. The van der Waals surface area contributed by atoms with Gasteiger partial charge in [0.15, 0.2) is 0 Å². The first-order valence-electron chi connectivity index (χ1n) is 8.28. The number of carbonyl (C=O) groups is 1. The third-order valence-corrected chi connectivity index (χ3v) is 4.04. The number of aliphatic hydroxyl groups is 1. The van der Waals surface area contributed by atoms with E-state index >= 15 is 0 Å². The number of aliphatic hydroxyl groups excluding tert-OH is 1. The van der Waals surface area contributed by atoms with Crippen LogP contribution in [0, 0.1) is 5.92 Å².